The fraction of sp³-hybridized carbons (Fsp3) is 0.429. The van der Waals surface area contributed by atoms with E-state index in [4.69, 9.17) is 0 Å². The van der Waals surface area contributed by atoms with Crippen LogP contribution in [0.2, 0.25) is 0 Å². The summed E-state index contributed by atoms with van der Waals surface area (Å²) in [7, 11) is 0. The second kappa shape index (κ2) is 7.79. The van der Waals surface area contributed by atoms with Crippen molar-refractivity contribution in [1.82, 2.24) is 10.6 Å². The fourth-order valence-corrected chi connectivity index (χ4v) is 1.68. The lowest BCUT2D eigenvalue weighted by Crippen LogP contribution is -2.37. The highest BCUT2D eigenvalue weighted by molar-refractivity contribution is 5.96. The van der Waals surface area contributed by atoms with Crippen molar-refractivity contribution in [3.8, 4) is 0 Å². The molecule has 2 amide bonds. The minimum absolute atomic E-state index is 0.130. The largest absolute Gasteiger partial charge is 0.405 e. The molecule has 5 nitrogen and oxygen atoms in total. The summed E-state index contributed by atoms with van der Waals surface area (Å²) in [5.74, 6) is -1.79. The number of aliphatic hydroxyl groups is 1. The van der Waals surface area contributed by atoms with Crippen LogP contribution in [-0.4, -0.2) is 36.2 Å². The molecule has 8 heteroatoms. The second-order valence-electron chi connectivity index (χ2n) is 4.80. The van der Waals surface area contributed by atoms with Crippen molar-refractivity contribution >= 4 is 11.8 Å². The van der Waals surface area contributed by atoms with Gasteiger partial charge in [-0.05, 0) is 12.5 Å². The van der Waals surface area contributed by atoms with E-state index in [1.165, 1.54) is 0 Å². The number of amides is 2. The maximum Gasteiger partial charge on any atom is 0.405 e. The Hall–Kier alpha value is -2.09. The Balaban J connectivity index is 2.35. The number of nitrogens with one attached hydrogen (secondary N) is 2. The average molecular weight is 318 g/mol. The molecule has 0 radical (unpaired) electrons. The van der Waals surface area contributed by atoms with Crippen LogP contribution >= 0.6 is 0 Å². The number of hydrogen-bond acceptors (Lipinski definition) is 3. The monoisotopic (exact) mass is 318 g/mol. The molecular formula is C14H17F3N2O3. The maximum absolute atomic E-state index is 11.9. The van der Waals surface area contributed by atoms with Crippen molar-refractivity contribution in [2.24, 2.45) is 0 Å². The molecule has 122 valence electrons. The Kier molecular flexibility index (Phi) is 6.36. The van der Waals surface area contributed by atoms with Gasteiger partial charge in [-0.3, -0.25) is 9.59 Å². The molecule has 1 aromatic rings. The zero-order chi connectivity index (χ0) is 16.8. The Morgan fingerprint density at radius 1 is 1.23 bits per heavy atom. The van der Waals surface area contributed by atoms with Crippen LogP contribution in [0.5, 0.6) is 0 Å². The molecule has 0 aliphatic carbocycles. The number of halogens is 3. The minimum Gasteiger partial charge on any atom is -0.387 e. The normalized spacial score (nSPS) is 12.6. The standard InChI is InChI=1S/C14H17F3N2O3/c1-9-3-2-4-10(5-9)11(20)7-18-12(21)6-13(22)19-8-14(15,16)17/h2-5,11,20H,6-8H2,1H3,(H,18,21)(H,19,22). The van der Waals surface area contributed by atoms with Gasteiger partial charge >= 0.3 is 6.18 Å². The second-order valence-corrected chi connectivity index (χ2v) is 4.80. The number of benzene rings is 1. The molecule has 0 saturated heterocycles. The molecule has 0 fully saturated rings. The molecule has 0 saturated carbocycles. The van der Waals surface area contributed by atoms with Gasteiger partial charge in [0.25, 0.3) is 0 Å². The molecule has 1 rings (SSSR count). The predicted molar refractivity (Wildman–Crippen MR) is 72.8 cm³/mol. The van der Waals surface area contributed by atoms with E-state index in [2.05, 4.69) is 5.32 Å². The zero-order valence-corrected chi connectivity index (χ0v) is 11.9. The lowest BCUT2D eigenvalue weighted by atomic mass is 10.1. The first kappa shape index (κ1) is 18.0. The highest BCUT2D eigenvalue weighted by Crippen LogP contribution is 2.13. The minimum atomic E-state index is -4.52. The van der Waals surface area contributed by atoms with Crippen molar-refractivity contribution in [2.75, 3.05) is 13.1 Å². The van der Waals surface area contributed by atoms with Crippen LogP contribution in [0, 0.1) is 6.92 Å². The van der Waals surface area contributed by atoms with Crippen LogP contribution in [0.15, 0.2) is 24.3 Å². The van der Waals surface area contributed by atoms with Crippen molar-refractivity contribution in [3.05, 3.63) is 35.4 Å². The van der Waals surface area contributed by atoms with Gasteiger partial charge in [0.15, 0.2) is 0 Å². The Bertz CT molecular complexity index is 532. The van der Waals surface area contributed by atoms with E-state index >= 15 is 0 Å². The third kappa shape index (κ3) is 7.07. The molecule has 1 atom stereocenters. The van der Waals surface area contributed by atoms with Crippen molar-refractivity contribution < 1.29 is 27.9 Å². The van der Waals surface area contributed by atoms with E-state index in [9.17, 15) is 27.9 Å². The van der Waals surface area contributed by atoms with E-state index in [0.29, 0.717) is 5.56 Å². The van der Waals surface area contributed by atoms with Crippen molar-refractivity contribution in [1.29, 1.82) is 0 Å². The molecule has 0 aromatic heterocycles. The van der Waals surface area contributed by atoms with Gasteiger partial charge in [-0.15, -0.1) is 0 Å². The highest BCUT2D eigenvalue weighted by Gasteiger charge is 2.28. The number of hydrogen-bond donors (Lipinski definition) is 3. The van der Waals surface area contributed by atoms with Gasteiger partial charge < -0.3 is 15.7 Å². The topological polar surface area (TPSA) is 78.4 Å². The van der Waals surface area contributed by atoms with Crippen LogP contribution in [-0.2, 0) is 9.59 Å². The SMILES string of the molecule is Cc1cccc(C(O)CNC(=O)CC(=O)NCC(F)(F)F)c1. The first-order valence-electron chi connectivity index (χ1n) is 6.52. The molecular weight excluding hydrogens is 301 g/mol. The lowest BCUT2D eigenvalue weighted by Gasteiger charge is -2.13. The predicted octanol–water partition coefficient (Wildman–Crippen LogP) is 1.21. The van der Waals surface area contributed by atoms with E-state index in [-0.39, 0.29) is 6.54 Å². The Morgan fingerprint density at radius 3 is 2.45 bits per heavy atom. The van der Waals surface area contributed by atoms with E-state index in [0.717, 1.165) is 5.56 Å². The molecule has 0 aliphatic heterocycles. The lowest BCUT2D eigenvalue weighted by molar-refractivity contribution is -0.140. The Labute approximate surface area is 125 Å². The van der Waals surface area contributed by atoms with Gasteiger partial charge in [0.1, 0.15) is 13.0 Å². The van der Waals surface area contributed by atoms with Crippen LogP contribution in [0.25, 0.3) is 0 Å². The van der Waals surface area contributed by atoms with Crippen LogP contribution in [0.1, 0.15) is 23.7 Å². The van der Waals surface area contributed by atoms with Gasteiger partial charge in [-0.25, -0.2) is 0 Å². The summed E-state index contributed by atoms with van der Waals surface area (Å²) in [6.07, 6.45) is -6.20. The van der Waals surface area contributed by atoms with E-state index < -0.39 is 37.1 Å². The van der Waals surface area contributed by atoms with E-state index in [1.807, 2.05) is 13.0 Å². The van der Waals surface area contributed by atoms with Gasteiger partial charge in [0.05, 0.1) is 6.10 Å². The number of rotatable bonds is 6. The summed E-state index contributed by atoms with van der Waals surface area (Å²) in [5, 5.41) is 13.8. The molecule has 1 aromatic carbocycles. The molecule has 0 bridgehead atoms. The number of aryl methyl sites for hydroxylation is 1. The summed E-state index contributed by atoms with van der Waals surface area (Å²) in [5.41, 5.74) is 1.54. The summed E-state index contributed by atoms with van der Waals surface area (Å²) in [6, 6.07) is 7.02. The van der Waals surface area contributed by atoms with Gasteiger partial charge in [0, 0.05) is 6.54 Å². The van der Waals surface area contributed by atoms with Crippen molar-refractivity contribution in [2.45, 2.75) is 25.6 Å². The van der Waals surface area contributed by atoms with Gasteiger partial charge in [-0.2, -0.15) is 13.2 Å². The summed E-state index contributed by atoms with van der Waals surface area (Å²) >= 11 is 0. The molecule has 3 N–H and O–H groups in total. The van der Waals surface area contributed by atoms with Crippen LogP contribution in [0.4, 0.5) is 13.2 Å². The molecule has 22 heavy (non-hydrogen) atoms. The summed E-state index contributed by atoms with van der Waals surface area (Å²) in [6.45, 7) is 0.236. The molecule has 1 unspecified atom stereocenters. The first-order valence-corrected chi connectivity index (χ1v) is 6.52. The molecule has 0 aliphatic rings. The number of aliphatic hydroxyl groups excluding tert-OH is 1. The zero-order valence-electron chi connectivity index (χ0n) is 11.9. The van der Waals surface area contributed by atoms with Crippen molar-refractivity contribution in [3.63, 3.8) is 0 Å². The fourth-order valence-electron chi connectivity index (χ4n) is 1.68. The van der Waals surface area contributed by atoms with E-state index in [1.54, 1.807) is 23.5 Å². The van der Waals surface area contributed by atoms with Crippen LogP contribution in [0.3, 0.4) is 0 Å². The number of alkyl halides is 3. The molecule has 0 heterocycles. The smallest absolute Gasteiger partial charge is 0.387 e. The third-order valence-corrected chi connectivity index (χ3v) is 2.73. The average Bonchev–Trinajstić information content (AvgIpc) is 2.42. The third-order valence-electron chi connectivity index (χ3n) is 2.73. The maximum atomic E-state index is 11.9. The number of carbonyl (C=O) groups excluding carboxylic acids is 2. The van der Waals surface area contributed by atoms with Gasteiger partial charge in [-0.1, -0.05) is 29.8 Å². The Morgan fingerprint density at radius 2 is 1.86 bits per heavy atom. The highest BCUT2D eigenvalue weighted by atomic mass is 19.4. The first-order chi connectivity index (χ1) is 10.2. The van der Waals surface area contributed by atoms with Gasteiger partial charge in [0.2, 0.25) is 11.8 Å². The summed E-state index contributed by atoms with van der Waals surface area (Å²) in [4.78, 5) is 22.5. The quantitative estimate of drug-likeness (QED) is 0.690. The van der Waals surface area contributed by atoms with Crippen LogP contribution < -0.4 is 10.6 Å². The summed E-state index contributed by atoms with van der Waals surface area (Å²) < 4.78 is 35.6. The number of carbonyl (C=O) groups is 2. The molecule has 0 spiro atoms.